The van der Waals surface area contributed by atoms with E-state index in [2.05, 4.69) is 10.3 Å². The Labute approximate surface area is 284 Å². The number of ether oxygens (including phenoxy) is 3. The molecule has 0 aliphatic carbocycles. The highest BCUT2D eigenvalue weighted by atomic mass is 19.1. The lowest BCUT2D eigenvalue weighted by Crippen LogP contribution is -2.49. The van der Waals surface area contributed by atoms with E-state index in [-0.39, 0.29) is 38.0 Å². The van der Waals surface area contributed by atoms with Crippen molar-refractivity contribution in [3.63, 3.8) is 0 Å². The maximum atomic E-state index is 13.8. The van der Waals surface area contributed by atoms with Crippen LogP contribution in [0, 0.1) is 24.1 Å². The van der Waals surface area contributed by atoms with Crippen molar-refractivity contribution in [2.24, 2.45) is 11.3 Å². The number of likely N-dealkylation sites (tertiary alicyclic amines) is 1. The molecular weight excluding hydrogens is 619 g/mol. The van der Waals surface area contributed by atoms with Crippen LogP contribution in [0.3, 0.4) is 0 Å². The number of nitrogens with one attached hydrogen (secondary N) is 1. The number of hydrogen-bond donors (Lipinski definition) is 2. The van der Waals surface area contributed by atoms with Gasteiger partial charge in [0.2, 0.25) is 0 Å². The van der Waals surface area contributed by atoms with Crippen LogP contribution in [0.1, 0.15) is 79.1 Å². The van der Waals surface area contributed by atoms with E-state index in [0.717, 1.165) is 11.1 Å². The Morgan fingerprint density at radius 1 is 1.00 bits per heavy atom. The van der Waals surface area contributed by atoms with Crippen LogP contribution in [-0.2, 0) is 27.1 Å². The predicted molar refractivity (Wildman–Crippen MR) is 182 cm³/mol. The summed E-state index contributed by atoms with van der Waals surface area (Å²) in [6.07, 6.45) is -1.89. The number of carbonyl (C=O) groups excluding carboxylic acids is 2. The summed E-state index contributed by atoms with van der Waals surface area (Å²) < 4.78 is 31.4. The zero-order valence-electron chi connectivity index (χ0n) is 30.1. The summed E-state index contributed by atoms with van der Waals surface area (Å²) in [7, 11) is 0. The number of anilines is 1. The minimum Gasteiger partial charge on any atom is -0.465 e. The summed E-state index contributed by atoms with van der Waals surface area (Å²) in [5.41, 5.74) is 0.426. The van der Waals surface area contributed by atoms with Gasteiger partial charge in [-0.2, -0.15) is 0 Å². The number of halogens is 1. The van der Waals surface area contributed by atoms with Crippen LogP contribution in [0.5, 0.6) is 0 Å². The minimum absolute atomic E-state index is 0.121. The molecule has 2 heterocycles. The number of pyridine rings is 1. The van der Waals surface area contributed by atoms with E-state index in [1.54, 1.807) is 59.7 Å². The molecule has 1 aromatic heterocycles. The number of nitrogens with zero attached hydrogens (tertiary/aromatic N) is 3. The zero-order chi connectivity index (χ0) is 36.0. The van der Waals surface area contributed by atoms with Gasteiger partial charge in [-0.15, -0.1) is 0 Å². The summed E-state index contributed by atoms with van der Waals surface area (Å²) in [4.78, 5) is 45.8. The smallest absolute Gasteiger partial charge is 0.413 e. The van der Waals surface area contributed by atoms with Crippen LogP contribution in [0.4, 0.5) is 24.6 Å². The fourth-order valence-electron chi connectivity index (χ4n) is 5.93. The third-order valence-electron chi connectivity index (χ3n) is 7.68. The lowest BCUT2D eigenvalue weighted by atomic mass is 9.81. The van der Waals surface area contributed by atoms with Gasteiger partial charge in [-0.25, -0.2) is 23.8 Å². The number of carbonyl (C=O) groups is 3. The zero-order valence-corrected chi connectivity index (χ0v) is 30.1. The lowest BCUT2D eigenvalue weighted by Gasteiger charge is -2.37. The van der Waals surface area contributed by atoms with Gasteiger partial charge >= 0.3 is 18.3 Å². The second kappa shape index (κ2) is 15.5. The van der Waals surface area contributed by atoms with Gasteiger partial charge in [0.1, 0.15) is 22.8 Å². The van der Waals surface area contributed by atoms with Gasteiger partial charge < -0.3 is 29.1 Å². The molecule has 12 heteroatoms. The molecule has 266 valence electrons. The first kappa shape index (κ1) is 38.5. The van der Waals surface area contributed by atoms with Crippen molar-refractivity contribution < 1.29 is 38.1 Å². The SMILES string of the molecule is Cc1cc(C[C@@H]2CN(C(=O)O)C(C(C)(C)C)[C@H]2OCCN(CCc2cccc(F)c2)C(=O)OC(C)(C)C)nc(NC(=O)OC(C)(C)C)c1. The monoisotopic (exact) mass is 672 g/mol. The van der Waals surface area contributed by atoms with E-state index >= 15 is 0 Å². The molecule has 1 fully saturated rings. The van der Waals surface area contributed by atoms with Crippen LogP contribution >= 0.6 is 0 Å². The Morgan fingerprint density at radius 2 is 1.67 bits per heavy atom. The third-order valence-corrected chi connectivity index (χ3v) is 7.68. The van der Waals surface area contributed by atoms with E-state index in [4.69, 9.17) is 14.2 Å². The number of carboxylic acid groups (broad SMARTS) is 1. The molecule has 1 saturated heterocycles. The van der Waals surface area contributed by atoms with Gasteiger partial charge in [-0.1, -0.05) is 32.9 Å². The van der Waals surface area contributed by atoms with Crippen molar-refractivity contribution in [3.8, 4) is 0 Å². The molecule has 1 aromatic carbocycles. The second-order valence-electron chi connectivity index (χ2n) is 15.5. The average Bonchev–Trinajstić information content (AvgIpc) is 3.27. The molecule has 0 bridgehead atoms. The molecule has 1 aliphatic heterocycles. The van der Waals surface area contributed by atoms with E-state index in [1.807, 2.05) is 33.8 Å². The van der Waals surface area contributed by atoms with Gasteiger partial charge in [0.15, 0.2) is 0 Å². The first-order valence-corrected chi connectivity index (χ1v) is 16.4. The topological polar surface area (TPSA) is 131 Å². The van der Waals surface area contributed by atoms with E-state index in [1.165, 1.54) is 21.9 Å². The van der Waals surface area contributed by atoms with Crippen LogP contribution in [0.15, 0.2) is 36.4 Å². The standard InChI is InChI=1S/C36H53FN4O7/c1-23-18-27(38-28(19-23)39-31(42)47-35(5,6)7)21-25-22-41(32(43)44)30(34(2,3)4)29(25)46-17-16-40(33(45)48-36(8,9)10)15-14-24-12-11-13-26(37)20-24/h11-13,18-20,25,29-30H,14-17,21-22H2,1-10H3,(H,43,44)(H,38,39,42)/t25-,29+,30?/m1/s1. The number of aryl methyl sites for hydroxylation is 1. The molecule has 1 aliphatic rings. The quantitative estimate of drug-likeness (QED) is 0.269. The Kier molecular flexibility index (Phi) is 12.5. The highest BCUT2D eigenvalue weighted by Gasteiger charge is 2.50. The molecule has 2 N–H and O–H groups in total. The third kappa shape index (κ3) is 11.9. The predicted octanol–water partition coefficient (Wildman–Crippen LogP) is 7.31. The van der Waals surface area contributed by atoms with Crippen LogP contribution in [0.2, 0.25) is 0 Å². The normalized spacial score (nSPS) is 18.4. The summed E-state index contributed by atoms with van der Waals surface area (Å²) in [6, 6.07) is 9.42. The van der Waals surface area contributed by atoms with Crippen molar-refractivity contribution in [3.05, 3.63) is 59.0 Å². The largest absolute Gasteiger partial charge is 0.465 e. The second-order valence-corrected chi connectivity index (χ2v) is 15.5. The number of amides is 3. The van der Waals surface area contributed by atoms with E-state index < -0.39 is 47.0 Å². The van der Waals surface area contributed by atoms with E-state index in [0.29, 0.717) is 24.4 Å². The molecular formula is C36H53FN4O7. The highest BCUT2D eigenvalue weighted by molar-refractivity contribution is 5.83. The van der Waals surface area contributed by atoms with Crippen molar-refractivity contribution in [1.29, 1.82) is 0 Å². The van der Waals surface area contributed by atoms with Crippen molar-refractivity contribution >= 4 is 24.1 Å². The minimum atomic E-state index is -1.04. The average molecular weight is 673 g/mol. The van der Waals surface area contributed by atoms with Crippen molar-refractivity contribution in [1.82, 2.24) is 14.8 Å². The summed E-state index contributed by atoms with van der Waals surface area (Å²) in [5, 5.41) is 12.9. The highest BCUT2D eigenvalue weighted by Crippen LogP contribution is 2.39. The summed E-state index contributed by atoms with van der Waals surface area (Å²) in [5.74, 6) is -0.279. The Balaban J connectivity index is 1.83. The lowest BCUT2D eigenvalue weighted by molar-refractivity contribution is -0.0332. The fourth-order valence-corrected chi connectivity index (χ4v) is 5.93. The van der Waals surface area contributed by atoms with Crippen molar-refractivity contribution in [2.45, 2.75) is 105 Å². The van der Waals surface area contributed by atoms with Crippen LogP contribution in [-0.4, -0.2) is 87.8 Å². The summed E-state index contributed by atoms with van der Waals surface area (Å²) in [6.45, 7) is 19.3. The Hall–Kier alpha value is -3.93. The number of rotatable bonds is 10. The number of hydrogen-bond acceptors (Lipinski definition) is 7. The summed E-state index contributed by atoms with van der Waals surface area (Å²) >= 11 is 0. The molecule has 3 rings (SSSR count). The first-order chi connectivity index (χ1) is 22.1. The van der Waals surface area contributed by atoms with Crippen molar-refractivity contribution in [2.75, 3.05) is 31.6 Å². The Bertz CT molecular complexity index is 1430. The molecule has 0 saturated carbocycles. The van der Waals surface area contributed by atoms with Crippen LogP contribution < -0.4 is 5.32 Å². The van der Waals surface area contributed by atoms with Gasteiger partial charge in [-0.05, 0) is 102 Å². The van der Waals surface area contributed by atoms with Gasteiger partial charge in [0.25, 0.3) is 0 Å². The van der Waals surface area contributed by atoms with Gasteiger partial charge in [-0.3, -0.25) is 5.32 Å². The fraction of sp³-hybridized carbons (Fsp3) is 0.611. The Morgan fingerprint density at radius 3 is 2.25 bits per heavy atom. The molecule has 11 nitrogen and oxygen atoms in total. The molecule has 1 unspecified atom stereocenters. The van der Waals surface area contributed by atoms with Gasteiger partial charge in [0.05, 0.1) is 18.8 Å². The molecule has 3 amide bonds. The number of benzene rings is 1. The molecule has 48 heavy (non-hydrogen) atoms. The molecule has 0 radical (unpaired) electrons. The molecule has 2 aromatic rings. The molecule has 3 atom stereocenters. The number of aromatic nitrogens is 1. The first-order valence-electron chi connectivity index (χ1n) is 16.4. The van der Waals surface area contributed by atoms with Gasteiger partial charge in [0, 0.05) is 31.2 Å². The maximum Gasteiger partial charge on any atom is 0.413 e. The van der Waals surface area contributed by atoms with E-state index in [9.17, 15) is 23.9 Å². The maximum absolute atomic E-state index is 13.8. The molecule has 0 spiro atoms. The van der Waals surface area contributed by atoms with Crippen LogP contribution in [0.25, 0.3) is 0 Å².